The van der Waals surface area contributed by atoms with Crippen molar-refractivity contribution >= 4 is 21.8 Å². The second-order valence-corrected chi connectivity index (χ2v) is 5.55. The number of carbonyl (C=O) groups excluding carboxylic acids is 1. The van der Waals surface area contributed by atoms with Gasteiger partial charge in [-0.1, -0.05) is 58.4 Å². The summed E-state index contributed by atoms with van der Waals surface area (Å²) in [4.78, 5) is 13.7. The van der Waals surface area contributed by atoms with Gasteiger partial charge in [-0.05, 0) is 23.3 Å². The van der Waals surface area contributed by atoms with Gasteiger partial charge < -0.3 is 10.0 Å². The first-order valence-electron chi connectivity index (χ1n) is 6.30. The maximum absolute atomic E-state index is 12.2. The molecule has 104 valence electrons. The topological polar surface area (TPSA) is 40.5 Å². The van der Waals surface area contributed by atoms with E-state index < -0.39 is 6.10 Å². The summed E-state index contributed by atoms with van der Waals surface area (Å²) in [5, 5.41) is 10.1. The molecule has 1 unspecified atom stereocenters. The second-order valence-electron chi connectivity index (χ2n) is 4.64. The molecule has 0 saturated heterocycles. The Morgan fingerprint density at radius 3 is 2.55 bits per heavy atom. The Kier molecular flexibility index (Phi) is 4.93. The second kappa shape index (κ2) is 6.68. The molecule has 2 aromatic carbocycles. The predicted molar refractivity (Wildman–Crippen MR) is 82.0 cm³/mol. The number of aliphatic hydroxyl groups is 1. The first kappa shape index (κ1) is 14.8. The van der Waals surface area contributed by atoms with Gasteiger partial charge in [0, 0.05) is 18.1 Å². The molecular weight excluding hydrogens is 318 g/mol. The van der Waals surface area contributed by atoms with Crippen molar-refractivity contribution < 1.29 is 9.90 Å². The van der Waals surface area contributed by atoms with Gasteiger partial charge in [0.2, 0.25) is 0 Å². The Balaban J connectivity index is 2.05. The van der Waals surface area contributed by atoms with Crippen LogP contribution in [-0.4, -0.2) is 23.0 Å². The van der Waals surface area contributed by atoms with Crippen LogP contribution in [0.1, 0.15) is 17.2 Å². The molecule has 0 fully saturated rings. The lowest BCUT2D eigenvalue weighted by Crippen LogP contribution is -2.31. The van der Waals surface area contributed by atoms with Gasteiger partial charge in [0.1, 0.15) is 0 Å². The van der Waals surface area contributed by atoms with Gasteiger partial charge in [0.15, 0.2) is 6.10 Å². The van der Waals surface area contributed by atoms with Gasteiger partial charge in [-0.25, -0.2) is 0 Å². The Hall–Kier alpha value is -1.65. The molecule has 0 bridgehead atoms. The molecule has 3 nitrogen and oxygen atoms in total. The molecule has 0 aromatic heterocycles. The van der Waals surface area contributed by atoms with Crippen molar-refractivity contribution in [1.29, 1.82) is 0 Å². The number of halogens is 1. The van der Waals surface area contributed by atoms with Gasteiger partial charge in [-0.15, -0.1) is 0 Å². The van der Waals surface area contributed by atoms with Gasteiger partial charge in [-0.3, -0.25) is 4.79 Å². The smallest absolute Gasteiger partial charge is 0.256 e. The Morgan fingerprint density at radius 2 is 1.90 bits per heavy atom. The summed E-state index contributed by atoms with van der Waals surface area (Å²) in [6.07, 6.45) is -1.12. The summed E-state index contributed by atoms with van der Waals surface area (Å²) in [5.74, 6) is -0.309. The van der Waals surface area contributed by atoms with Crippen LogP contribution in [0.2, 0.25) is 0 Å². The zero-order valence-corrected chi connectivity index (χ0v) is 12.7. The zero-order valence-electron chi connectivity index (χ0n) is 11.2. The first-order valence-corrected chi connectivity index (χ1v) is 7.09. The van der Waals surface area contributed by atoms with Crippen molar-refractivity contribution in [3.05, 3.63) is 70.2 Å². The predicted octanol–water partition coefficient (Wildman–Crippen LogP) is 3.14. The summed E-state index contributed by atoms with van der Waals surface area (Å²) in [5.41, 5.74) is 1.62. The molecule has 20 heavy (non-hydrogen) atoms. The molecule has 1 N–H and O–H groups in total. The molecule has 4 heteroatoms. The zero-order chi connectivity index (χ0) is 14.5. The lowest BCUT2D eigenvalue weighted by atomic mass is 10.1. The van der Waals surface area contributed by atoms with E-state index in [4.69, 9.17) is 0 Å². The third-order valence-electron chi connectivity index (χ3n) is 3.03. The van der Waals surface area contributed by atoms with E-state index >= 15 is 0 Å². The lowest BCUT2D eigenvalue weighted by molar-refractivity contribution is -0.139. The number of nitrogens with zero attached hydrogens (tertiary/aromatic N) is 1. The van der Waals surface area contributed by atoms with Crippen LogP contribution >= 0.6 is 15.9 Å². The molecule has 0 aliphatic rings. The molecule has 2 aromatic rings. The van der Waals surface area contributed by atoms with Crippen LogP contribution in [0, 0.1) is 0 Å². The number of aliphatic hydroxyl groups excluding tert-OH is 1. The number of likely N-dealkylation sites (N-methyl/N-ethyl adjacent to an activating group) is 1. The molecule has 0 heterocycles. The van der Waals surface area contributed by atoms with Crippen LogP contribution in [0.4, 0.5) is 0 Å². The molecular formula is C16H16BrNO2. The van der Waals surface area contributed by atoms with E-state index in [9.17, 15) is 9.90 Å². The summed E-state index contributed by atoms with van der Waals surface area (Å²) >= 11 is 3.40. The third-order valence-corrected chi connectivity index (χ3v) is 3.53. The van der Waals surface area contributed by atoms with Crippen LogP contribution in [0.25, 0.3) is 0 Å². The monoisotopic (exact) mass is 333 g/mol. The average molecular weight is 334 g/mol. The van der Waals surface area contributed by atoms with E-state index in [1.54, 1.807) is 31.3 Å². The summed E-state index contributed by atoms with van der Waals surface area (Å²) in [7, 11) is 1.69. The van der Waals surface area contributed by atoms with Crippen LogP contribution in [-0.2, 0) is 11.3 Å². The molecule has 1 atom stereocenters. The van der Waals surface area contributed by atoms with Gasteiger partial charge in [0.25, 0.3) is 5.91 Å². The molecule has 0 aliphatic heterocycles. The van der Waals surface area contributed by atoms with E-state index in [0.717, 1.165) is 10.0 Å². The Bertz CT molecular complexity index is 586. The minimum atomic E-state index is -1.12. The number of carbonyl (C=O) groups is 1. The van der Waals surface area contributed by atoms with Crippen molar-refractivity contribution in [2.75, 3.05) is 7.05 Å². The van der Waals surface area contributed by atoms with E-state index in [-0.39, 0.29) is 5.91 Å². The van der Waals surface area contributed by atoms with Crippen molar-refractivity contribution in [3.8, 4) is 0 Å². The van der Waals surface area contributed by atoms with Gasteiger partial charge in [-0.2, -0.15) is 0 Å². The highest BCUT2D eigenvalue weighted by molar-refractivity contribution is 9.10. The molecule has 0 saturated carbocycles. The summed E-state index contributed by atoms with van der Waals surface area (Å²) in [6, 6.07) is 16.7. The largest absolute Gasteiger partial charge is 0.378 e. The summed E-state index contributed by atoms with van der Waals surface area (Å²) < 4.78 is 0.972. The van der Waals surface area contributed by atoms with Crippen LogP contribution in [0.3, 0.4) is 0 Å². The van der Waals surface area contributed by atoms with E-state index in [1.807, 2.05) is 30.3 Å². The van der Waals surface area contributed by atoms with E-state index in [1.165, 1.54) is 4.90 Å². The van der Waals surface area contributed by atoms with Gasteiger partial charge in [0.05, 0.1) is 0 Å². The third kappa shape index (κ3) is 3.68. The number of benzene rings is 2. The van der Waals surface area contributed by atoms with E-state index in [2.05, 4.69) is 15.9 Å². The van der Waals surface area contributed by atoms with Crippen LogP contribution in [0.5, 0.6) is 0 Å². The Labute approximate surface area is 127 Å². The quantitative estimate of drug-likeness (QED) is 0.933. The van der Waals surface area contributed by atoms with Crippen LogP contribution in [0.15, 0.2) is 59.1 Å². The van der Waals surface area contributed by atoms with Crippen molar-refractivity contribution in [2.24, 2.45) is 0 Å². The first-order chi connectivity index (χ1) is 9.58. The fourth-order valence-corrected chi connectivity index (χ4v) is 2.42. The lowest BCUT2D eigenvalue weighted by Gasteiger charge is -2.21. The van der Waals surface area contributed by atoms with Crippen molar-refractivity contribution in [2.45, 2.75) is 12.6 Å². The Morgan fingerprint density at radius 1 is 1.20 bits per heavy atom. The van der Waals surface area contributed by atoms with Gasteiger partial charge >= 0.3 is 0 Å². The molecule has 0 aliphatic carbocycles. The van der Waals surface area contributed by atoms with Crippen molar-refractivity contribution in [3.63, 3.8) is 0 Å². The molecule has 0 radical (unpaired) electrons. The highest BCUT2D eigenvalue weighted by Gasteiger charge is 2.21. The standard InChI is InChI=1S/C16H16BrNO2/c1-18(11-12-6-5-9-14(17)10-12)16(20)15(19)13-7-3-2-4-8-13/h2-10,15,19H,11H2,1H3. The van der Waals surface area contributed by atoms with E-state index in [0.29, 0.717) is 12.1 Å². The maximum atomic E-state index is 12.2. The normalized spacial score (nSPS) is 11.9. The maximum Gasteiger partial charge on any atom is 0.256 e. The minimum absolute atomic E-state index is 0.309. The number of amides is 1. The fraction of sp³-hybridized carbons (Fsp3) is 0.188. The SMILES string of the molecule is CN(Cc1cccc(Br)c1)C(=O)C(O)c1ccccc1. The summed E-state index contributed by atoms with van der Waals surface area (Å²) in [6.45, 7) is 0.460. The average Bonchev–Trinajstić information content (AvgIpc) is 2.46. The number of hydrogen-bond acceptors (Lipinski definition) is 2. The van der Waals surface area contributed by atoms with Crippen molar-refractivity contribution in [1.82, 2.24) is 4.90 Å². The highest BCUT2D eigenvalue weighted by atomic mass is 79.9. The number of hydrogen-bond donors (Lipinski definition) is 1. The number of rotatable bonds is 4. The molecule has 0 spiro atoms. The molecule has 2 rings (SSSR count). The molecule has 1 amide bonds. The highest BCUT2D eigenvalue weighted by Crippen LogP contribution is 2.17. The van der Waals surface area contributed by atoms with Crippen LogP contribution < -0.4 is 0 Å². The fourth-order valence-electron chi connectivity index (χ4n) is 1.97. The minimum Gasteiger partial charge on any atom is -0.378 e.